The maximum Gasteiger partial charge on any atom is 0.294 e. The first-order valence-corrected chi connectivity index (χ1v) is 6.75. The fourth-order valence-electron chi connectivity index (χ4n) is 2.87. The number of hydrogen-bond acceptors (Lipinski definition) is 3. The Balaban J connectivity index is 2.22. The predicted octanol–water partition coefficient (Wildman–Crippen LogP) is 3.72. The van der Waals surface area contributed by atoms with Crippen molar-refractivity contribution in [3.05, 3.63) is 58.2 Å². The molecule has 2 rings (SSSR count). The molecule has 0 aliphatic heterocycles. The Bertz CT molecular complexity index is 444. The molecule has 0 spiro atoms. The lowest BCUT2D eigenvalue weighted by Gasteiger charge is -2.32. The van der Waals surface area contributed by atoms with Crippen LogP contribution < -0.4 is 0 Å². The van der Waals surface area contributed by atoms with Crippen LogP contribution in [0.2, 0.25) is 0 Å². The first-order valence-electron chi connectivity index (χ1n) is 6.75. The molecule has 0 fully saturated rings. The van der Waals surface area contributed by atoms with Gasteiger partial charge in [0.2, 0.25) is 0 Å². The van der Waals surface area contributed by atoms with Crippen molar-refractivity contribution >= 4 is 0 Å². The van der Waals surface area contributed by atoms with E-state index in [0.717, 1.165) is 12.8 Å². The van der Waals surface area contributed by atoms with Crippen molar-refractivity contribution in [3.63, 3.8) is 0 Å². The quantitative estimate of drug-likeness (QED) is 0.461. The number of allylic oxidation sites excluding steroid dienone is 2. The monoisotopic (exact) mass is 261 g/mol. The molecule has 1 aromatic rings. The van der Waals surface area contributed by atoms with E-state index in [9.17, 15) is 10.1 Å². The molecule has 102 valence electrons. The van der Waals surface area contributed by atoms with E-state index in [4.69, 9.17) is 4.84 Å². The minimum Gasteiger partial charge on any atom is -0.310 e. The Morgan fingerprint density at radius 1 is 1.42 bits per heavy atom. The highest BCUT2D eigenvalue weighted by Gasteiger charge is 2.31. The molecule has 3 atom stereocenters. The molecule has 0 aromatic heterocycles. The van der Waals surface area contributed by atoms with Gasteiger partial charge in [-0.15, -0.1) is 10.1 Å². The van der Waals surface area contributed by atoms with Crippen LogP contribution in [0.5, 0.6) is 0 Å². The predicted molar refractivity (Wildman–Crippen MR) is 73.2 cm³/mol. The molecule has 0 saturated heterocycles. The first-order chi connectivity index (χ1) is 9.22. The van der Waals surface area contributed by atoms with Crippen molar-refractivity contribution in [2.24, 2.45) is 5.92 Å². The third-order valence-corrected chi connectivity index (χ3v) is 3.76. The Labute approximate surface area is 113 Å². The Hall–Kier alpha value is -1.84. The molecule has 0 amide bonds. The standard InChI is InChI=1S/C15H19NO3/c1-2-15(19-16(17)18)14-11-7-6-10-13(14)12-8-4-3-5-9-12/h3-6,8-10,13-15H,2,7,11H2,1H3. The van der Waals surface area contributed by atoms with E-state index in [2.05, 4.69) is 24.3 Å². The zero-order valence-electron chi connectivity index (χ0n) is 11.1. The maximum absolute atomic E-state index is 10.6. The van der Waals surface area contributed by atoms with E-state index in [0.29, 0.717) is 6.42 Å². The van der Waals surface area contributed by atoms with Gasteiger partial charge in [0.05, 0.1) is 0 Å². The van der Waals surface area contributed by atoms with Gasteiger partial charge in [0.1, 0.15) is 6.10 Å². The van der Waals surface area contributed by atoms with Gasteiger partial charge in [-0.2, -0.15) is 0 Å². The summed E-state index contributed by atoms with van der Waals surface area (Å²) < 4.78 is 0. The van der Waals surface area contributed by atoms with E-state index >= 15 is 0 Å². The van der Waals surface area contributed by atoms with E-state index in [1.807, 2.05) is 25.1 Å². The van der Waals surface area contributed by atoms with E-state index in [1.54, 1.807) is 0 Å². The second-order valence-corrected chi connectivity index (χ2v) is 4.88. The number of benzene rings is 1. The molecule has 0 bridgehead atoms. The summed E-state index contributed by atoms with van der Waals surface area (Å²) >= 11 is 0. The maximum atomic E-state index is 10.6. The fraction of sp³-hybridized carbons (Fsp3) is 0.467. The lowest BCUT2D eigenvalue weighted by molar-refractivity contribution is -0.770. The van der Waals surface area contributed by atoms with E-state index < -0.39 is 5.09 Å². The minimum absolute atomic E-state index is 0.169. The highest BCUT2D eigenvalue weighted by atomic mass is 17.0. The van der Waals surface area contributed by atoms with Crippen LogP contribution >= 0.6 is 0 Å². The molecule has 1 aliphatic carbocycles. The van der Waals surface area contributed by atoms with Crippen LogP contribution in [-0.2, 0) is 4.84 Å². The van der Waals surface area contributed by atoms with Gasteiger partial charge >= 0.3 is 0 Å². The van der Waals surface area contributed by atoms with Crippen LogP contribution in [0.3, 0.4) is 0 Å². The SMILES string of the molecule is CCC(O[N+](=O)[O-])C1CCC=CC1c1ccccc1. The molecule has 1 aliphatic rings. The van der Waals surface area contributed by atoms with Gasteiger partial charge in [0.25, 0.3) is 5.09 Å². The van der Waals surface area contributed by atoms with Crippen molar-refractivity contribution in [2.75, 3.05) is 0 Å². The molecule has 4 nitrogen and oxygen atoms in total. The van der Waals surface area contributed by atoms with Crippen molar-refractivity contribution in [1.29, 1.82) is 0 Å². The van der Waals surface area contributed by atoms with Crippen molar-refractivity contribution < 1.29 is 9.92 Å². The lowest BCUT2D eigenvalue weighted by Crippen LogP contribution is -2.31. The molecule has 0 saturated carbocycles. The molecule has 4 heteroatoms. The summed E-state index contributed by atoms with van der Waals surface area (Å²) in [5.74, 6) is 0.377. The number of nitrogens with zero attached hydrogens (tertiary/aromatic N) is 1. The summed E-state index contributed by atoms with van der Waals surface area (Å²) in [6, 6.07) is 10.1. The third-order valence-electron chi connectivity index (χ3n) is 3.76. The largest absolute Gasteiger partial charge is 0.310 e. The molecular weight excluding hydrogens is 242 g/mol. The molecule has 19 heavy (non-hydrogen) atoms. The van der Waals surface area contributed by atoms with Crippen LogP contribution in [0.1, 0.15) is 37.7 Å². The van der Waals surface area contributed by atoms with E-state index in [-0.39, 0.29) is 17.9 Å². The van der Waals surface area contributed by atoms with Gasteiger partial charge in [0.15, 0.2) is 0 Å². The molecule has 0 radical (unpaired) electrons. The smallest absolute Gasteiger partial charge is 0.294 e. The minimum atomic E-state index is -0.658. The van der Waals surface area contributed by atoms with Gasteiger partial charge in [0, 0.05) is 5.92 Å². The first kappa shape index (κ1) is 13.6. The van der Waals surface area contributed by atoms with Crippen molar-refractivity contribution in [1.82, 2.24) is 0 Å². The van der Waals surface area contributed by atoms with Gasteiger partial charge in [-0.05, 0) is 30.7 Å². The molecule has 0 N–H and O–H groups in total. The number of rotatable bonds is 5. The molecule has 0 heterocycles. The summed E-state index contributed by atoms with van der Waals surface area (Å²) in [6.07, 6.45) is 6.55. The van der Waals surface area contributed by atoms with Gasteiger partial charge in [-0.1, -0.05) is 49.4 Å². The Morgan fingerprint density at radius 3 is 2.79 bits per heavy atom. The summed E-state index contributed by atoms with van der Waals surface area (Å²) in [5.41, 5.74) is 1.20. The summed E-state index contributed by atoms with van der Waals surface area (Å²) in [4.78, 5) is 15.5. The Morgan fingerprint density at radius 2 is 2.16 bits per heavy atom. The average Bonchev–Trinajstić information content (AvgIpc) is 2.45. The number of hydrogen-bond donors (Lipinski definition) is 0. The second kappa shape index (κ2) is 6.36. The van der Waals surface area contributed by atoms with Gasteiger partial charge in [-0.3, -0.25) is 0 Å². The summed E-state index contributed by atoms with van der Waals surface area (Å²) in [5, 5.41) is 9.96. The highest BCUT2D eigenvalue weighted by molar-refractivity contribution is 5.26. The van der Waals surface area contributed by atoms with Gasteiger partial charge in [-0.25, -0.2) is 0 Å². The van der Waals surface area contributed by atoms with Crippen LogP contribution in [0, 0.1) is 16.0 Å². The molecule has 3 unspecified atom stereocenters. The summed E-state index contributed by atoms with van der Waals surface area (Å²) in [6.45, 7) is 1.94. The normalized spacial score (nSPS) is 23.8. The van der Waals surface area contributed by atoms with E-state index in [1.165, 1.54) is 5.56 Å². The fourth-order valence-corrected chi connectivity index (χ4v) is 2.87. The van der Waals surface area contributed by atoms with Crippen molar-refractivity contribution in [3.8, 4) is 0 Å². The third kappa shape index (κ3) is 3.34. The zero-order chi connectivity index (χ0) is 13.7. The summed E-state index contributed by atoms with van der Waals surface area (Å²) in [7, 11) is 0. The average molecular weight is 261 g/mol. The zero-order valence-corrected chi connectivity index (χ0v) is 11.1. The van der Waals surface area contributed by atoms with Gasteiger partial charge < -0.3 is 4.84 Å². The lowest BCUT2D eigenvalue weighted by atomic mass is 9.76. The Kier molecular flexibility index (Phi) is 4.55. The second-order valence-electron chi connectivity index (χ2n) is 4.88. The van der Waals surface area contributed by atoms with Crippen LogP contribution in [0.15, 0.2) is 42.5 Å². The molecule has 1 aromatic carbocycles. The highest BCUT2D eigenvalue weighted by Crippen LogP contribution is 2.37. The van der Waals surface area contributed by atoms with Crippen LogP contribution in [-0.4, -0.2) is 11.2 Å². The van der Waals surface area contributed by atoms with Crippen LogP contribution in [0.4, 0.5) is 0 Å². The van der Waals surface area contributed by atoms with Crippen LogP contribution in [0.25, 0.3) is 0 Å². The van der Waals surface area contributed by atoms with Crippen molar-refractivity contribution in [2.45, 2.75) is 38.2 Å². The topological polar surface area (TPSA) is 52.4 Å². The molecular formula is C15H19NO3.